The first-order valence-electron chi connectivity index (χ1n) is 5.97. The second-order valence-electron chi connectivity index (χ2n) is 4.72. The van der Waals surface area contributed by atoms with Crippen LogP contribution in [-0.2, 0) is 6.42 Å². The molecule has 1 aromatic heterocycles. The van der Waals surface area contributed by atoms with E-state index >= 15 is 0 Å². The summed E-state index contributed by atoms with van der Waals surface area (Å²) in [6.07, 6.45) is 1.82. The maximum absolute atomic E-state index is 9.35. The normalized spacial score (nSPS) is 11.1. The summed E-state index contributed by atoms with van der Waals surface area (Å²) in [6.45, 7) is 4.31. The van der Waals surface area contributed by atoms with Crippen LogP contribution in [0.1, 0.15) is 26.1 Å². The molecule has 1 aromatic carbocycles. The van der Waals surface area contributed by atoms with Crippen LogP contribution < -0.4 is 5.73 Å². The molecule has 0 aliphatic heterocycles. The Morgan fingerprint density at radius 3 is 2.83 bits per heavy atom. The number of nitrogen functional groups attached to an aromatic ring is 1. The predicted octanol–water partition coefficient (Wildman–Crippen LogP) is 2.61. The van der Waals surface area contributed by atoms with Gasteiger partial charge in [0.2, 0.25) is 0 Å². The van der Waals surface area contributed by atoms with Crippen molar-refractivity contribution in [3.05, 3.63) is 24.0 Å². The first-order chi connectivity index (χ1) is 8.56. The van der Waals surface area contributed by atoms with E-state index in [0.717, 1.165) is 12.8 Å². The number of aromatic nitrogens is 2. The molecule has 3 N–H and O–H groups in total. The van der Waals surface area contributed by atoms with Gasteiger partial charge < -0.3 is 15.4 Å². The summed E-state index contributed by atoms with van der Waals surface area (Å²) in [5.74, 6) is 1.79. The molecule has 0 saturated carbocycles. The Balaban J connectivity index is 2.16. The number of phenols is 1. The lowest BCUT2D eigenvalue weighted by Crippen LogP contribution is -1.94. The van der Waals surface area contributed by atoms with E-state index in [0.29, 0.717) is 28.9 Å². The molecule has 2 rings (SSSR count). The smallest absolute Gasteiger partial charge is 0.257 e. The van der Waals surface area contributed by atoms with Gasteiger partial charge >= 0.3 is 0 Å². The van der Waals surface area contributed by atoms with E-state index in [9.17, 15) is 5.11 Å². The molecule has 0 atom stereocenters. The van der Waals surface area contributed by atoms with Crippen molar-refractivity contribution in [2.75, 3.05) is 5.73 Å². The van der Waals surface area contributed by atoms with E-state index < -0.39 is 0 Å². The molecule has 0 amide bonds. The number of phenolic OH excluding ortho intramolecular Hbond substituents is 1. The summed E-state index contributed by atoms with van der Waals surface area (Å²) in [6, 6.07) is 4.84. The largest absolute Gasteiger partial charge is 0.506 e. The third-order valence-electron chi connectivity index (χ3n) is 2.69. The van der Waals surface area contributed by atoms with Crippen molar-refractivity contribution in [3.8, 4) is 17.2 Å². The fourth-order valence-corrected chi connectivity index (χ4v) is 1.58. The zero-order chi connectivity index (χ0) is 13.1. The van der Waals surface area contributed by atoms with Gasteiger partial charge in [-0.3, -0.25) is 0 Å². The van der Waals surface area contributed by atoms with Gasteiger partial charge in [0.05, 0.1) is 5.69 Å². The molecule has 0 fully saturated rings. The summed E-state index contributed by atoms with van der Waals surface area (Å²) in [4.78, 5) is 4.31. The lowest BCUT2D eigenvalue weighted by atomic mass is 10.1. The van der Waals surface area contributed by atoms with Crippen LogP contribution in [0.2, 0.25) is 0 Å². The molecule has 0 unspecified atom stereocenters. The average molecular weight is 247 g/mol. The highest BCUT2D eigenvalue weighted by Gasteiger charge is 2.10. The minimum atomic E-state index is 0.0540. The molecule has 2 aromatic rings. The van der Waals surface area contributed by atoms with Crippen LogP contribution in [0.4, 0.5) is 5.69 Å². The maximum Gasteiger partial charge on any atom is 0.257 e. The molecule has 0 spiro atoms. The molecule has 0 bridgehead atoms. The summed E-state index contributed by atoms with van der Waals surface area (Å²) < 4.78 is 5.18. The number of nitrogens with zero attached hydrogens (tertiary/aromatic N) is 2. The number of anilines is 1. The van der Waals surface area contributed by atoms with Gasteiger partial charge in [-0.2, -0.15) is 4.98 Å². The molecule has 0 radical (unpaired) electrons. The molecule has 5 nitrogen and oxygen atoms in total. The fourth-order valence-electron chi connectivity index (χ4n) is 1.58. The Morgan fingerprint density at radius 1 is 1.39 bits per heavy atom. The van der Waals surface area contributed by atoms with Crippen molar-refractivity contribution in [1.29, 1.82) is 0 Å². The minimum Gasteiger partial charge on any atom is -0.506 e. The molecular weight excluding hydrogens is 230 g/mol. The zero-order valence-corrected chi connectivity index (χ0v) is 10.6. The van der Waals surface area contributed by atoms with E-state index in [4.69, 9.17) is 10.3 Å². The van der Waals surface area contributed by atoms with Gasteiger partial charge in [-0.15, -0.1) is 0 Å². The standard InChI is InChI=1S/C13H17N3O2/c1-8(2)3-6-12-15-13(18-16-12)9-4-5-11(17)10(14)7-9/h4-5,7-8,17H,3,6,14H2,1-2H3. The highest BCUT2D eigenvalue weighted by atomic mass is 16.5. The molecule has 0 aliphatic carbocycles. The van der Waals surface area contributed by atoms with E-state index in [2.05, 4.69) is 24.0 Å². The fraction of sp³-hybridized carbons (Fsp3) is 0.385. The van der Waals surface area contributed by atoms with Crippen LogP contribution in [0.25, 0.3) is 11.5 Å². The number of aromatic hydroxyl groups is 1. The van der Waals surface area contributed by atoms with Crippen molar-refractivity contribution >= 4 is 5.69 Å². The quantitative estimate of drug-likeness (QED) is 0.640. The van der Waals surface area contributed by atoms with E-state index in [1.807, 2.05) is 0 Å². The second-order valence-corrected chi connectivity index (χ2v) is 4.72. The van der Waals surface area contributed by atoms with E-state index in [1.165, 1.54) is 6.07 Å². The summed E-state index contributed by atoms with van der Waals surface area (Å²) in [5, 5.41) is 13.3. The lowest BCUT2D eigenvalue weighted by molar-refractivity contribution is 0.419. The van der Waals surface area contributed by atoms with Crippen molar-refractivity contribution in [2.45, 2.75) is 26.7 Å². The summed E-state index contributed by atoms with van der Waals surface area (Å²) >= 11 is 0. The van der Waals surface area contributed by atoms with Crippen molar-refractivity contribution in [2.24, 2.45) is 5.92 Å². The van der Waals surface area contributed by atoms with Crippen LogP contribution in [0.15, 0.2) is 22.7 Å². The topological polar surface area (TPSA) is 85.2 Å². The monoisotopic (exact) mass is 247 g/mol. The van der Waals surface area contributed by atoms with Crippen molar-refractivity contribution in [3.63, 3.8) is 0 Å². The molecule has 0 aliphatic rings. The van der Waals surface area contributed by atoms with Gasteiger partial charge in [-0.05, 0) is 30.5 Å². The highest BCUT2D eigenvalue weighted by Crippen LogP contribution is 2.26. The number of nitrogens with two attached hydrogens (primary N) is 1. The van der Waals surface area contributed by atoms with Crippen LogP contribution in [0, 0.1) is 5.92 Å². The van der Waals surface area contributed by atoms with Gasteiger partial charge in [-0.1, -0.05) is 19.0 Å². The molecule has 5 heteroatoms. The average Bonchev–Trinajstić information content (AvgIpc) is 2.79. The number of rotatable bonds is 4. The van der Waals surface area contributed by atoms with Gasteiger partial charge in [0.1, 0.15) is 5.75 Å². The van der Waals surface area contributed by atoms with Crippen LogP contribution in [0.5, 0.6) is 5.75 Å². The Hall–Kier alpha value is -2.04. The molecule has 96 valence electrons. The van der Waals surface area contributed by atoms with E-state index in [-0.39, 0.29) is 5.75 Å². The zero-order valence-electron chi connectivity index (χ0n) is 10.6. The summed E-state index contributed by atoms with van der Waals surface area (Å²) in [7, 11) is 0. The minimum absolute atomic E-state index is 0.0540. The Labute approximate surface area is 106 Å². The number of benzene rings is 1. The Bertz CT molecular complexity index is 535. The lowest BCUT2D eigenvalue weighted by Gasteiger charge is -2.00. The van der Waals surface area contributed by atoms with Crippen LogP contribution in [0.3, 0.4) is 0 Å². The van der Waals surface area contributed by atoms with Gasteiger partial charge in [-0.25, -0.2) is 0 Å². The molecule has 18 heavy (non-hydrogen) atoms. The first kappa shape index (κ1) is 12.4. The number of hydrogen-bond acceptors (Lipinski definition) is 5. The molecular formula is C13H17N3O2. The third-order valence-corrected chi connectivity index (χ3v) is 2.69. The Morgan fingerprint density at radius 2 is 2.17 bits per heavy atom. The van der Waals surface area contributed by atoms with Crippen LogP contribution in [-0.4, -0.2) is 15.2 Å². The van der Waals surface area contributed by atoms with Crippen molar-refractivity contribution < 1.29 is 9.63 Å². The van der Waals surface area contributed by atoms with Crippen molar-refractivity contribution in [1.82, 2.24) is 10.1 Å². The Kier molecular flexibility index (Phi) is 3.50. The molecule has 1 heterocycles. The molecule has 0 saturated heterocycles. The van der Waals surface area contributed by atoms with Gasteiger partial charge in [0.25, 0.3) is 5.89 Å². The number of aryl methyl sites for hydroxylation is 1. The van der Waals surface area contributed by atoms with Gasteiger partial charge in [0, 0.05) is 12.0 Å². The maximum atomic E-state index is 9.35. The number of hydrogen-bond donors (Lipinski definition) is 2. The highest BCUT2D eigenvalue weighted by molar-refractivity contribution is 5.64. The second kappa shape index (κ2) is 5.08. The predicted molar refractivity (Wildman–Crippen MR) is 69.0 cm³/mol. The van der Waals surface area contributed by atoms with E-state index in [1.54, 1.807) is 12.1 Å². The first-order valence-corrected chi connectivity index (χ1v) is 5.97. The van der Waals surface area contributed by atoms with Gasteiger partial charge in [0.15, 0.2) is 5.82 Å². The third kappa shape index (κ3) is 2.80. The SMILES string of the molecule is CC(C)CCc1noc(-c2ccc(O)c(N)c2)n1. The summed E-state index contributed by atoms with van der Waals surface area (Å²) in [5.41, 5.74) is 6.64. The van der Waals surface area contributed by atoms with Crippen LogP contribution >= 0.6 is 0 Å².